The van der Waals surface area contributed by atoms with Crippen molar-refractivity contribution in [3.8, 4) is 0 Å². The highest BCUT2D eigenvalue weighted by atomic mass is 19.1. The fraction of sp³-hybridized carbons (Fsp3) is 0.294. The molecule has 0 spiro atoms. The lowest BCUT2D eigenvalue weighted by Gasteiger charge is -2.23. The highest BCUT2D eigenvalue weighted by Crippen LogP contribution is 2.25. The fourth-order valence-corrected chi connectivity index (χ4v) is 2.72. The summed E-state index contributed by atoms with van der Waals surface area (Å²) in [5.74, 6) is -0.184. The van der Waals surface area contributed by atoms with Crippen LogP contribution in [0, 0.1) is 5.82 Å². The average Bonchev–Trinajstić information content (AvgIpc) is 2.92. The van der Waals surface area contributed by atoms with Gasteiger partial charge in [0, 0.05) is 31.0 Å². The minimum Gasteiger partial charge on any atom is -0.384 e. The summed E-state index contributed by atoms with van der Waals surface area (Å²) in [6.45, 7) is 4.78. The molecule has 20 heavy (non-hydrogen) atoms. The van der Waals surface area contributed by atoms with Crippen molar-refractivity contribution in [3.05, 3.63) is 59.4 Å². The van der Waals surface area contributed by atoms with Crippen molar-refractivity contribution in [3.63, 3.8) is 0 Å². The predicted molar refractivity (Wildman–Crippen MR) is 81.8 cm³/mol. The van der Waals surface area contributed by atoms with Crippen LogP contribution >= 0.6 is 0 Å². The Morgan fingerprint density at radius 1 is 1.20 bits per heavy atom. The molecule has 1 heterocycles. The van der Waals surface area contributed by atoms with Crippen LogP contribution in [0.15, 0.2) is 42.5 Å². The van der Waals surface area contributed by atoms with Gasteiger partial charge in [-0.3, -0.25) is 0 Å². The van der Waals surface area contributed by atoms with Crippen LogP contribution in [0.25, 0.3) is 0 Å². The molecule has 0 unspecified atom stereocenters. The van der Waals surface area contributed by atoms with E-state index in [9.17, 15) is 4.39 Å². The zero-order chi connectivity index (χ0) is 13.9. The number of rotatable bonds is 4. The van der Waals surface area contributed by atoms with Gasteiger partial charge in [0.1, 0.15) is 5.82 Å². The van der Waals surface area contributed by atoms with Crippen LogP contribution in [0.3, 0.4) is 0 Å². The molecule has 1 aliphatic rings. The first-order chi connectivity index (χ1) is 9.76. The minimum atomic E-state index is -0.184. The molecule has 2 aromatic carbocycles. The molecule has 0 saturated carbocycles. The molecule has 0 aromatic heterocycles. The fourth-order valence-electron chi connectivity index (χ4n) is 2.72. The first-order valence-electron chi connectivity index (χ1n) is 7.12. The molecule has 104 valence electrons. The molecular formula is C17H19FN2. The maximum atomic E-state index is 13.3. The van der Waals surface area contributed by atoms with E-state index in [2.05, 4.69) is 35.3 Å². The first-order valence-corrected chi connectivity index (χ1v) is 7.12. The molecule has 0 fully saturated rings. The third kappa shape index (κ3) is 2.62. The summed E-state index contributed by atoms with van der Waals surface area (Å²) >= 11 is 0. The summed E-state index contributed by atoms with van der Waals surface area (Å²) in [5, 5.41) is 3.40. The predicted octanol–water partition coefficient (Wildman–Crippen LogP) is 3.82. The molecule has 1 N–H and O–H groups in total. The molecule has 1 aliphatic heterocycles. The van der Waals surface area contributed by atoms with Crippen molar-refractivity contribution >= 4 is 11.4 Å². The SMILES string of the molecule is CCN(Cc1ccc2c(c1)NCC2)c1cccc(F)c1. The maximum Gasteiger partial charge on any atom is 0.125 e. The van der Waals surface area contributed by atoms with Crippen LogP contribution in [-0.4, -0.2) is 13.1 Å². The molecule has 0 saturated heterocycles. The van der Waals surface area contributed by atoms with Crippen LogP contribution in [0.1, 0.15) is 18.1 Å². The number of benzene rings is 2. The van der Waals surface area contributed by atoms with Crippen LogP contribution in [0.4, 0.5) is 15.8 Å². The maximum absolute atomic E-state index is 13.3. The minimum absolute atomic E-state index is 0.184. The van der Waals surface area contributed by atoms with E-state index < -0.39 is 0 Å². The number of nitrogens with zero attached hydrogens (tertiary/aromatic N) is 1. The molecular weight excluding hydrogens is 251 g/mol. The van der Waals surface area contributed by atoms with Crippen LogP contribution in [0.2, 0.25) is 0 Å². The van der Waals surface area contributed by atoms with Gasteiger partial charge in [-0.15, -0.1) is 0 Å². The van der Waals surface area contributed by atoms with E-state index in [4.69, 9.17) is 0 Å². The molecule has 0 aliphatic carbocycles. The van der Waals surface area contributed by atoms with Crippen molar-refractivity contribution in [2.75, 3.05) is 23.3 Å². The molecule has 0 amide bonds. The molecule has 2 nitrogen and oxygen atoms in total. The van der Waals surface area contributed by atoms with Gasteiger partial charge in [-0.25, -0.2) is 4.39 Å². The second-order valence-electron chi connectivity index (χ2n) is 5.16. The third-order valence-electron chi connectivity index (χ3n) is 3.81. The van der Waals surface area contributed by atoms with E-state index >= 15 is 0 Å². The summed E-state index contributed by atoms with van der Waals surface area (Å²) in [5.41, 5.74) is 4.82. The molecule has 3 rings (SSSR count). The molecule has 0 bridgehead atoms. The molecule has 3 heteroatoms. The van der Waals surface area contributed by atoms with Gasteiger partial charge in [-0.05, 0) is 48.7 Å². The second kappa shape index (κ2) is 5.53. The Kier molecular flexibility index (Phi) is 3.59. The number of nitrogens with one attached hydrogen (secondary N) is 1. The number of fused-ring (bicyclic) bond motifs is 1. The Morgan fingerprint density at radius 3 is 2.90 bits per heavy atom. The van der Waals surface area contributed by atoms with E-state index in [1.807, 2.05) is 6.07 Å². The van der Waals surface area contributed by atoms with Gasteiger partial charge >= 0.3 is 0 Å². The number of hydrogen-bond acceptors (Lipinski definition) is 2. The van der Waals surface area contributed by atoms with Crippen LogP contribution < -0.4 is 10.2 Å². The second-order valence-corrected chi connectivity index (χ2v) is 5.16. The highest BCUT2D eigenvalue weighted by molar-refractivity contribution is 5.58. The van der Waals surface area contributed by atoms with E-state index in [-0.39, 0.29) is 5.82 Å². The smallest absolute Gasteiger partial charge is 0.125 e. The van der Waals surface area contributed by atoms with Gasteiger partial charge in [-0.1, -0.05) is 18.2 Å². The Hall–Kier alpha value is -2.03. The van der Waals surface area contributed by atoms with Crippen molar-refractivity contribution in [1.29, 1.82) is 0 Å². The summed E-state index contributed by atoms with van der Waals surface area (Å²) in [4.78, 5) is 2.18. The zero-order valence-corrected chi connectivity index (χ0v) is 11.7. The molecule has 0 atom stereocenters. The first kappa shape index (κ1) is 13.0. The summed E-state index contributed by atoms with van der Waals surface area (Å²) < 4.78 is 13.3. The Labute approximate surface area is 119 Å². The summed E-state index contributed by atoms with van der Waals surface area (Å²) in [7, 11) is 0. The van der Waals surface area contributed by atoms with Crippen molar-refractivity contribution in [2.24, 2.45) is 0 Å². The standard InChI is InChI=1S/C17H19FN2/c1-2-20(16-5-3-4-15(18)11-16)12-13-6-7-14-8-9-19-17(14)10-13/h3-7,10-11,19H,2,8-9,12H2,1H3. The number of hydrogen-bond donors (Lipinski definition) is 1. The van der Waals surface area contributed by atoms with E-state index in [0.29, 0.717) is 0 Å². The van der Waals surface area contributed by atoms with Crippen LogP contribution in [-0.2, 0) is 13.0 Å². The topological polar surface area (TPSA) is 15.3 Å². The van der Waals surface area contributed by atoms with E-state index in [1.165, 1.54) is 22.9 Å². The van der Waals surface area contributed by atoms with Crippen molar-refractivity contribution < 1.29 is 4.39 Å². The number of halogens is 1. The van der Waals surface area contributed by atoms with E-state index in [1.54, 1.807) is 12.1 Å². The van der Waals surface area contributed by atoms with E-state index in [0.717, 1.165) is 31.7 Å². The molecule has 2 aromatic rings. The highest BCUT2D eigenvalue weighted by Gasteiger charge is 2.12. The van der Waals surface area contributed by atoms with Gasteiger partial charge in [0.05, 0.1) is 0 Å². The Morgan fingerprint density at radius 2 is 2.10 bits per heavy atom. The summed E-state index contributed by atoms with van der Waals surface area (Å²) in [6, 6.07) is 13.4. The van der Waals surface area contributed by atoms with Crippen molar-refractivity contribution in [1.82, 2.24) is 0 Å². The monoisotopic (exact) mass is 270 g/mol. The lowest BCUT2D eigenvalue weighted by atomic mass is 10.1. The van der Waals surface area contributed by atoms with Crippen molar-refractivity contribution in [2.45, 2.75) is 19.9 Å². The Bertz CT molecular complexity index is 610. The quantitative estimate of drug-likeness (QED) is 0.908. The zero-order valence-electron chi connectivity index (χ0n) is 11.7. The van der Waals surface area contributed by atoms with Gasteiger partial charge in [0.2, 0.25) is 0 Å². The normalized spacial score (nSPS) is 12.9. The Balaban J connectivity index is 1.81. The van der Waals surface area contributed by atoms with Gasteiger partial charge in [-0.2, -0.15) is 0 Å². The van der Waals surface area contributed by atoms with Gasteiger partial charge in [0.15, 0.2) is 0 Å². The lowest BCUT2D eigenvalue weighted by molar-refractivity contribution is 0.626. The molecule has 0 radical (unpaired) electrons. The van der Waals surface area contributed by atoms with Crippen LogP contribution in [0.5, 0.6) is 0 Å². The average molecular weight is 270 g/mol. The van der Waals surface area contributed by atoms with Gasteiger partial charge in [0.25, 0.3) is 0 Å². The summed E-state index contributed by atoms with van der Waals surface area (Å²) in [6.07, 6.45) is 1.11. The lowest BCUT2D eigenvalue weighted by Crippen LogP contribution is -2.22. The third-order valence-corrected chi connectivity index (χ3v) is 3.81. The van der Waals surface area contributed by atoms with Gasteiger partial charge < -0.3 is 10.2 Å². The number of anilines is 2. The largest absolute Gasteiger partial charge is 0.384 e.